The van der Waals surface area contributed by atoms with Gasteiger partial charge in [-0.25, -0.2) is 4.79 Å². The number of H-pyrrole nitrogens is 1. The van der Waals surface area contributed by atoms with E-state index >= 15 is 0 Å². The highest BCUT2D eigenvalue weighted by Gasteiger charge is 2.25. The molecule has 2 rings (SSSR count). The highest BCUT2D eigenvalue weighted by atomic mass is 16.5. The molecule has 0 fully saturated rings. The lowest BCUT2D eigenvalue weighted by Gasteiger charge is -2.17. The normalized spacial score (nSPS) is 11.9. The molecule has 0 aliphatic carbocycles. The van der Waals surface area contributed by atoms with Crippen LogP contribution in [0.4, 0.5) is 5.69 Å². The molecular formula is C19H24N2O3. The van der Waals surface area contributed by atoms with Crippen molar-refractivity contribution in [3.05, 3.63) is 51.8 Å². The molecule has 1 heterocycles. The van der Waals surface area contributed by atoms with Gasteiger partial charge in [-0.15, -0.1) is 0 Å². The van der Waals surface area contributed by atoms with E-state index in [1.807, 2.05) is 39.0 Å². The summed E-state index contributed by atoms with van der Waals surface area (Å²) in [5.41, 5.74) is 5.36. The van der Waals surface area contributed by atoms with Crippen LogP contribution in [-0.4, -0.2) is 29.9 Å². The molecule has 24 heavy (non-hydrogen) atoms. The van der Waals surface area contributed by atoms with Gasteiger partial charge in [0, 0.05) is 11.4 Å². The Morgan fingerprint density at radius 3 is 2.42 bits per heavy atom. The van der Waals surface area contributed by atoms with Crippen molar-refractivity contribution in [2.45, 2.75) is 40.7 Å². The third-order valence-corrected chi connectivity index (χ3v) is 4.44. The third-order valence-electron chi connectivity index (χ3n) is 4.44. The van der Waals surface area contributed by atoms with Gasteiger partial charge in [0.15, 0.2) is 0 Å². The average molecular weight is 328 g/mol. The van der Waals surface area contributed by atoms with Gasteiger partial charge in [-0.3, -0.25) is 4.79 Å². The number of ether oxygens (including phenoxy) is 1. The number of carbonyl (C=O) groups excluding carboxylic acids is 2. The molecule has 0 saturated heterocycles. The maximum absolute atomic E-state index is 12.8. The van der Waals surface area contributed by atoms with E-state index in [0.717, 1.165) is 11.3 Å². The van der Waals surface area contributed by atoms with Crippen LogP contribution in [0.25, 0.3) is 0 Å². The quantitative estimate of drug-likeness (QED) is 0.648. The molecule has 0 aliphatic heterocycles. The summed E-state index contributed by atoms with van der Waals surface area (Å²) in [5.74, 6) is -0.526. The molecule has 128 valence electrons. The number of ketones is 1. The number of aromatic nitrogens is 1. The second-order valence-electron chi connectivity index (χ2n) is 6.09. The molecule has 1 aromatic heterocycles. The summed E-state index contributed by atoms with van der Waals surface area (Å²) in [6, 6.07) is 5.53. The Bertz CT molecular complexity index is 790. The molecule has 0 amide bonds. The van der Waals surface area contributed by atoms with Crippen molar-refractivity contribution >= 4 is 17.4 Å². The monoisotopic (exact) mass is 328 g/mol. The van der Waals surface area contributed by atoms with E-state index in [-0.39, 0.29) is 5.78 Å². The Morgan fingerprint density at radius 1 is 1.12 bits per heavy atom. The largest absolute Gasteiger partial charge is 0.465 e. The molecule has 2 aromatic rings. The predicted molar refractivity (Wildman–Crippen MR) is 94.9 cm³/mol. The van der Waals surface area contributed by atoms with E-state index in [9.17, 15) is 9.59 Å². The summed E-state index contributed by atoms with van der Waals surface area (Å²) in [6.07, 6.45) is 0. The highest BCUT2D eigenvalue weighted by Crippen LogP contribution is 2.23. The molecule has 0 spiro atoms. The number of hydrogen-bond donors (Lipinski definition) is 2. The molecule has 0 radical (unpaired) electrons. The fourth-order valence-corrected chi connectivity index (χ4v) is 2.83. The number of esters is 1. The van der Waals surface area contributed by atoms with E-state index in [0.29, 0.717) is 22.5 Å². The predicted octanol–water partition coefficient (Wildman–Crippen LogP) is 3.72. The van der Waals surface area contributed by atoms with Gasteiger partial charge >= 0.3 is 5.97 Å². The van der Waals surface area contributed by atoms with E-state index in [4.69, 9.17) is 4.74 Å². The first-order valence-corrected chi connectivity index (χ1v) is 7.92. The van der Waals surface area contributed by atoms with Crippen molar-refractivity contribution in [2.24, 2.45) is 0 Å². The first kappa shape index (κ1) is 17.8. The Kier molecular flexibility index (Phi) is 5.12. The zero-order valence-electron chi connectivity index (χ0n) is 15.0. The second kappa shape index (κ2) is 6.91. The molecule has 0 unspecified atom stereocenters. The van der Waals surface area contributed by atoms with Gasteiger partial charge in [0.25, 0.3) is 0 Å². The second-order valence-corrected chi connectivity index (χ2v) is 6.09. The molecule has 0 aliphatic rings. The summed E-state index contributed by atoms with van der Waals surface area (Å²) >= 11 is 0. The number of Topliss-reactive ketones (excluding diaryl/α,β-unsaturated/α-hetero) is 1. The van der Waals surface area contributed by atoms with Gasteiger partial charge in [0.05, 0.1) is 24.4 Å². The van der Waals surface area contributed by atoms with Gasteiger partial charge in [-0.05, 0) is 57.4 Å². The molecule has 5 heteroatoms. The van der Waals surface area contributed by atoms with Crippen molar-refractivity contribution in [2.75, 3.05) is 12.4 Å². The molecule has 0 saturated carbocycles. The van der Waals surface area contributed by atoms with Gasteiger partial charge in [-0.1, -0.05) is 12.1 Å². The van der Waals surface area contributed by atoms with E-state index in [2.05, 4.69) is 10.3 Å². The number of anilines is 1. The highest BCUT2D eigenvalue weighted by molar-refractivity contribution is 6.04. The average Bonchev–Trinajstić information content (AvgIpc) is 2.85. The van der Waals surface area contributed by atoms with Crippen LogP contribution in [0.1, 0.15) is 50.2 Å². The zero-order chi connectivity index (χ0) is 18.0. The van der Waals surface area contributed by atoms with Gasteiger partial charge in [-0.2, -0.15) is 0 Å². The number of rotatable bonds is 5. The smallest absolute Gasteiger partial charge is 0.339 e. The number of carbonyl (C=O) groups is 2. The van der Waals surface area contributed by atoms with Crippen LogP contribution in [0, 0.1) is 27.7 Å². The minimum atomic E-state index is -0.435. The van der Waals surface area contributed by atoms with E-state index in [1.54, 1.807) is 13.8 Å². The Labute approximate surface area is 142 Å². The Balaban J connectivity index is 2.29. The molecule has 5 nitrogen and oxygen atoms in total. The lowest BCUT2D eigenvalue weighted by atomic mass is 10.0. The minimum Gasteiger partial charge on any atom is -0.465 e. The number of methoxy groups -OCH3 is 1. The van der Waals surface area contributed by atoms with Crippen LogP contribution in [0.5, 0.6) is 0 Å². The zero-order valence-corrected chi connectivity index (χ0v) is 15.0. The molecular weight excluding hydrogens is 304 g/mol. The topological polar surface area (TPSA) is 71.2 Å². The number of aryl methyl sites for hydroxylation is 2. The van der Waals surface area contributed by atoms with Gasteiger partial charge in [0.1, 0.15) is 0 Å². The van der Waals surface area contributed by atoms with Crippen LogP contribution < -0.4 is 5.32 Å². The molecule has 1 aromatic carbocycles. The Morgan fingerprint density at radius 2 is 1.79 bits per heavy atom. The van der Waals surface area contributed by atoms with Crippen molar-refractivity contribution in [1.29, 1.82) is 0 Å². The van der Waals surface area contributed by atoms with Crippen molar-refractivity contribution < 1.29 is 14.3 Å². The van der Waals surface area contributed by atoms with Crippen LogP contribution in [0.2, 0.25) is 0 Å². The summed E-state index contributed by atoms with van der Waals surface area (Å²) in [6.45, 7) is 9.40. The fraction of sp³-hybridized carbons (Fsp3) is 0.368. The minimum absolute atomic E-state index is 0.0911. The van der Waals surface area contributed by atoms with Crippen LogP contribution >= 0.6 is 0 Å². The summed E-state index contributed by atoms with van der Waals surface area (Å²) < 4.78 is 4.79. The summed E-state index contributed by atoms with van der Waals surface area (Å²) in [5, 5.41) is 3.26. The number of benzene rings is 1. The van der Waals surface area contributed by atoms with E-state index < -0.39 is 12.0 Å². The van der Waals surface area contributed by atoms with Gasteiger partial charge < -0.3 is 15.0 Å². The maximum Gasteiger partial charge on any atom is 0.339 e. The van der Waals surface area contributed by atoms with Crippen LogP contribution in [0.3, 0.4) is 0 Å². The first-order chi connectivity index (χ1) is 11.3. The first-order valence-electron chi connectivity index (χ1n) is 7.92. The Hall–Kier alpha value is -2.56. The standard InChI is InChI=1S/C19H24N2O3/c1-10-8-7-9-15(11(10)2)20-14(5)18(22)17-12(3)16(13(4)21-17)19(23)24-6/h7-9,14,20-21H,1-6H3/t14-/m1/s1. The van der Waals surface area contributed by atoms with Crippen LogP contribution in [0.15, 0.2) is 18.2 Å². The summed E-state index contributed by atoms with van der Waals surface area (Å²) in [4.78, 5) is 27.7. The third kappa shape index (κ3) is 3.20. The molecule has 2 N–H and O–H groups in total. The van der Waals surface area contributed by atoms with Crippen LogP contribution in [-0.2, 0) is 4.74 Å². The molecule has 0 bridgehead atoms. The van der Waals surface area contributed by atoms with Crippen molar-refractivity contribution in [3.8, 4) is 0 Å². The molecule has 1 atom stereocenters. The lowest BCUT2D eigenvalue weighted by Crippen LogP contribution is -2.27. The summed E-state index contributed by atoms with van der Waals surface area (Å²) in [7, 11) is 1.33. The van der Waals surface area contributed by atoms with Crippen molar-refractivity contribution in [1.82, 2.24) is 4.98 Å². The number of aromatic amines is 1. The van der Waals surface area contributed by atoms with E-state index in [1.165, 1.54) is 12.7 Å². The SMILES string of the molecule is COC(=O)c1c(C)[nH]c(C(=O)[C@@H](C)Nc2cccc(C)c2C)c1C. The maximum atomic E-state index is 12.8. The fourth-order valence-electron chi connectivity index (χ4n) is 2.83. The van der Waals surface area contributed by atoms with Crippen molar-refractivity contribution in [3.63, 3.8) is 0 Å². The lowest BCUT2D eigenvalue weighted by molar-refractivity contribution is 0.0599. The van der Waals surface area contributed by atoms with Gasteiger partial charge in [0.2, 0.25) is 5.78 Å². The number of nitrogens with one attached hydrogen (secondary N) is 2. The number of hydrogen-bond acceptors (Lipinski definition) is 4.